The van der Waals surface area contributed by atoms with Crippen molar-refractivity contribution in [3.05, 3.63) is 93.3 Å². The molecule has 4 N–H and O–H groups in total. The SMILES string of the molecule is CC(C)C[C@@H](NCCc1ccc(-n2c(N)c(C(=O)c3ccc(F)cc3F)ccc2=O)cc1)C(=O)O. The van der Waals surface area contributed by atoms with Gasteiger partial charge in [-0.15, -0.1) is 0 Å². The van der Waals surface area contributed by atoms with E-state index in [9.17, 15) is 28.3 Å². The Morgan fingerprint density at radius 1 is 1.03 bits per heavy atom. The summed E-state index contributed by atoms with van der Waals surface area (Å²) in [7, 11) is 0. The summed E-state index contributed by atoms with van der Waals surface area (Å²) in [5.74, 6) is -3.42. The van der Waals surface area contributed by atoms with Crippen LogP contribution in [0.25, 0.3) is 5.69 Å². The van der Waals surface area contributed by atoms with E-state index in [-0.39, 0.29) is 22.9 Å². The number of hydrogen-bond acceptors (Lipinski definition) is 5. The maximum Gasteiger partial charge on any atom is 0.320 e. The number of carboxylic acids is 1. The number of carboxylic acid groups (broad SMARTS) is 1. The first-order chi connectivity index (χ1) is 16.6. The van der Waals surface area contributed by atoms with Gasteiger partial charge in [0.1, 0.15) is 23.5 Å². The van der Waals surface area contributed by atoms with Gasteiger partial charge in [-0.05, 0) is 61.2 Å². The quantitative estimate of drug-likeness (QED) is 0.380. The predicted octanol–water partition coefficient (Wildman–Crippen LogP) is 3.56. The molecular formula is C26H27F2N3O4. The minimum atomic E-state index is -1.02. The molecule has 3 rings (SSSR count). The molecule has 7 nitrogen and oxygen atoms in total. The van der Waals surface area contributed by atoms with E-state index in [0.717, 1.165) is 28.3 Å². The third kappa shape index (κ3) is 6.19. The van der Waals surface area contributed by atoms with Crippen LogP contribution in [0.5, 0.6) is 0 Å². The zero-order valence-corrected chi connectivity index (χ0v) is 19.4. The highest BCUT2D eigenvalue weighted by atomic mass is 19.1. The van der Waals surface area contributed by atoms with Gasteiger partial charge in [0.25, 0.3) is 5.56 Å². The maximum atomic E-state index is 14.1. The fraction of sp³-hybridized carbons (Fsp3) is 0.269. The fourth-order valence-corrected chi connectivity index (χ4v) is 3.78. The van der Waals surface area contributed by atoms with E-state index in [2.05, 4.69) is 5.32 Å². The Morgan fingerprint density at radius 3 is 2.29 bits per heavy atom. The fourth-order valence-electron chi connectivity index (χ4n) is 3.78. The zero-order chi connectivity index (χ0) is 25.7. The third-order valence-corrected chi connectivity index (χ3v) is 5.55. The van der Waals surface area contributed by atoms with Crippen LogP contribution in [0, 0.1) is 17.6 Å². The Balaban J connectivity index is 1.80. The number of nitrogens with one attached hydrogen (secondary N) is 1. The number of rotatable bonds is 10. The third-order valence-electron chi connectivity index (χ3n) is 5.55. The molecule has 0 aliphatic heterocycles. The molecule has 0 unspecified atom stereocenters. The number of ketones is 1. The average molecular weight is 484 g/mol. The molecule has 2 aromatic carbocycles. The molecule has 184 valence electrons. The molecule has 35 heavy (non-hydrogen) atoms. The first kappa shape index (κ1) is 25.8. The summed E-state index contributed by atoms with van der Waals surface area (Å²) in [6, 6.07) is 11.2. The number of aromatic nitrogens is 1. The van der Waals surface area contributed by atoms with Crippen LogP contribution in [-0.4, -0.2) is 34.0 Å². The normalized spacial score (nSPS) is 12.0. The number of nitrogens with two attached hydrogens (primary N) is 1. The summed E-state index contributed by atoms with van der Waals surface area (Å²) in [5, 5.41) is 12.4. The zero-order valence-electron chi connectivity index (χ0n) is 19.4. The van der Waals surface area contributed by atoms with Crippen molar-refractivity contribution in [2.24, 2.45) is 5.92 Å². The van der Waals surface area contributed by atoms with Crippen molar-refractivity contribution in [1.82, 2.24) is 9.88 Å². The van der Waals surface area contributed by atoms with E-state index in [4.69, 9.17) is 5.73 Å². The van der Waals surface area contributed by atoms with Gasteiger partial charge in [0, 0.05) is 12.1 Å². The summed E-state index contributed by atoms with van der Waals surface area (Å²) in [6.07, 6.45) is 1.09. The van der Waals surface area contributed by atoms with Crippen LogP contribution in [0.3, 0.4) is 0 Å². The molecule has 3 aromatic rings. The second-order valence-corrected chi connectivity index (χ2v) is 8.65. The molecule has 0 radical (unpaired) electrons. The molecule has 0 fully saturated rings. The van der Waals surface area contributed by atoms with E-state index in [1.807, 2.05) is 13.8 Å². The molecule has 0 amide bonds. The summed E-state index contributed by atoms with van der Waals surface area (Å²) in [4.78, 5) is 36.7. The van der Waals surface area contributed by atoms with Crippen molar-refractivity contribution < 1.29 is 23.5 Å². The van der Waals surface area contributed by atoms with Gasteiger partial charge in [-0.1, -0.05) is 26.0 Å². The summed E-state index contributed by atoms with van der Waals surface area (Å²) >= 11 is 0. The predicted molar refractivity (Wildman–Crippen MR) is 129 cm³/mol. The molecule has 9 heteroatoms. The van der Waals surface area contributed by atoms with Gasteiger partial charge in [-0.3, -0.25) is 19.0 Å². The lowest BCUT2D eigenvalue weighted by Crippen LogP contribution is -2.38. The van der Waals surface area contributed by atoms with Crippen LogP contribution in [-0.2, 0) is 11.2 Å². The van der Waals surface area contributed by atoms with Gasteiger partial charge in [0.05, 0.1) is 16.8 Å². The Kier molecular flexibility index (Phi) is 8.14. The second kappa shape index (κ2) is 11.1. The molecule has 0 bridgehead atoms. The molecular weight excluding hydrogens is 456 g/mol. The van der Waals surface area contributed by atoms with Gasteiger partial charge in [0.2, 0.25) is 0 Å². The van der Waals surface area contributed by atoms with Crippen LogP contribution in [0.2, 0.25) is 0 Å². The monoisotopic (exact) mass is 483 g/mol. The summed E-state index contributed by atoms with van der Waals surface area (Å²) in [6.45, 7) is 4.38. The van der Waals surface area contributed by atoms with E-state index in [1.54, 1.807) is 24.3 Å². The number of halogens is 2. The maximum absolute atomic E-state index is 14.1. The molecule has 0 aliphatic carbocycles. The first-order valence-electron chi connectivity index (χ1n) is 11.1. The van der Waals surface area contributed by atoms with Gasteiger partial charge < -0.3 is 16.2 Å². The van der Waals surface area contributed by atoms with Crippen LogP contribution < -0.4 is 16.6 Å². The number of anilines is 1. The molecule has 0 spiro atoms. The number of nitrogens with zero attached hydrogens (tertiary/aromatic N) is 1. The topological polar surface area (TPSA) is 114 Å². The van der Waals surface area contributed by atoms with E-state index >= 15 is 0 Å². The molecule has 0 saturated carbocycles. The standard InChI is InChI=1S/C26H27F2N3O4/c1-15(2)13-22(26(34)35)30-12-11-16-3-6-18(7-4-16)31-23(32)10-9-20(25(31)29)24(33)19-8-5-17(27)14-21(19)28/h3-10,14-15,22,30H,11-13,29H2,1-2H3,(H,34,35)/t22-/m1/s1. The molecule has 1 heterocycles. The number of hydrogen-bond donors (Lipinski definition) is 3. The van der Waals surface area contributed by atoms with E-state index < -0.39 is 35.0 Å². The Hall–Kier alpha value is -3.85. The average Bonchev–Trinajstić information content (AvgIpc) is 2.79. The lowest BCUT2D eigenvalue weighted by molar-refractivity contribution is -0.139. The van der Waals surface area contributed by atoms with Crippen LogP contribution in [0.1, 0.15) is 41.8 Å². The largest absolute Gasteiger partial charge is 0.480 e. The van der Waals surface area contributed by atoms with Gasteiger partial charge in [-0.25, -0.2) is 8.78 Å². The molecule has 0 saturated heterocycles. The minimum absolute atomic E-state index is 0.0896. The molecule has 1 atom stereocenters. The Labute approximate surface area is 201 Å². The number of nitrogen functional groups attached to an aromatic ring is 1. The minimum Gasteiger partial charge on any atom is -0.480 e. The smallest absolute Gasteiger partial charge is 0.320 e. The highest BCUT2D eigenvalue weighted by Gasteiger charge is 2.20. The van der Waals surface area contributed by atoms with Gasteiger partial charge in [0.15, 0.2) is 5.78 Å². The van der Waals surface area contributed by atoms with Crippen LogP contribution >= 0.6 is 0 Å². The number of benzene rings is 2. The van der Waals surface area contributed by atoms with Crippen molar-refractivity contribution in [3.8, 4) is 5.69 Å². The first-order valence-corrected chi connectivity index (χ1v) is 11.1. The summed E-state index contributed by atoms with van der Waals surface area (Å²) in [5.41, 5.74) is 6.51. The van der Waals surface area contributed by atoms with E-state index in [0.29, 0.717) is 31.1 Å². The van der Waals surface area contributed by atoms with Crippen LogP contribution in [0.4, 0.5) is 14.6 Å². The Morgan fingerprint density at radius 2 is 1.69 bits per heavy atom. The van der Waals surface area contributed by atoms with Crippen molar-refractivity contribution in [1.29, 1.82) is 0 Å². The number of carbonyl (C=O) groups excluding carboxylic acids is 1. The number of carbonyl (C=O) groups is 2. The highest BCUT2D eigenvalue weighted by molar-refractivity contribution is 6.11. The highest BCUT2D eigenvalue weighted by Crippen LogP contribution is 2.21. The lowest BCUT2D eigenvalue weighted by atomic mass is 10.0. The van der Waals surface area contributed by atoms with Crippen molar-refractivity contribution in [3.63, 3.8) is 0 Å². The van der Waals surface area contributed by atoms with E-state index in [1.165, 1.54) is 6.07 Å². The summed E-state index contributed by atoms with van der Waals surface area (Å²) < 4.78 is 28.5. The molecule has 1 aromatic heterocycles. The second-order valence-electron chi connectivity index (χ2n) is 8.65. The van der Waals surface area contributed by atoms with Crippen molar-refractivity contribution in [2.75, 3.05) is 12.3 Å². The van der Waals surface area contributed by atoms with Crippen molar-refractivity contribution >= 4 is 17.6 Å². The molecule has 0 aliphatic rings. The van der Waals surface area contributed by atoms with Gasteiger partial charge in [-0.2, -0.15) is 0 Å². The number of pyridine rings is 1. The Bertz CT molecular complexity index is 1290. The van der Waals surface area contributed by atoms with Crippen LogP contribution in [0.15, 0.2) is 59.4 Å². The van der Waals surface area contributed by atoms with Crippen molar-refractivity contribution in [2.45, 2.75) is 32.7 Å². The lowest BCUT2D eigenvalue weighted by Gasteiger charge is -2.16. The van der Waals surface area contributed by atoms with Gasteiger partial charge >= 0.3 is 5.97 Å². The number of aliphatic carboxylic acids is 1.